The highest BCUT2D eigenvalue weighted by atomic mass is 16.1. The second-order valence-corrected chi connectivity index (χ2v) is 10.3. The number of nitriles is 2. The third-order valence-corrected chi connectivity index (χ3v) is 8.29. The van der Waals surface area contributed by atoms with Crippen LogP contribution in [0.1, 0.15) is 49.5 Å². The molecule has 2 aromatic rings. The molecular formula is C29H30N4O. The first-order chi connectivity index (χ1) is 16.3. The van der Waals surface area contributed by atoms with Gasteiger partial charge in [-0.05, 0) is 45.3 Å². The highest BCUT2D eigenvalue weighted by Gasteiger charge is 2.73. The molecular weight excluding hydrogens is 420 g/mol. The molecule has 5 rings (SSSR count). The second kappa shape index (κ2) is 7.91. The number of ketones is 1. The molecule has 3 aliphatic heterocycles. The molecule has 0 aliphatic carbocycles. The normalized spacial score (nSPS) is 29.7. The summed E-state index contributed by atoms with van der Waals surface area (Å²) in [5, 5.41) is 21.4. The number of Topliss-reactive ketones (excluding diaryl/α,β-unsaturated/α-hetero) is 1. The maximum absolute atomic E-state index is 13.8. The van der Waals surface area contributed by atoms with Gasteiger partial charge in [0.15, 0.2) is 5.78 Å². The van der Waals surface area contributed by atoms with Crippen LogP contribution in [0, 0.1) is 28.6 Å². The molecule has 0 radical (unpaired) electrons. The third-order valence-electron chi connectivity index (χ3n) is 8.29. The lowest BCUT2D eigenvalue weighted by atomic mass is 9.75. The summed E-state index contributed by atoms with van der Waals surface area (Å²) in [7, 11) is 0. The average Bonchev–Trinajstić information content (AvgIpc) is 3.53. The molecule has 2 aromatic carbocycles. The van der Waals surface area contributed by atoms with Crippen LogP contribution in [0.2, 0.25) is 0 Å². The van der Waals surface area contributed by atoms with Gasteiger partial charge in [0, 0.05) is 22.6 Å². The minimum Gasteiger partial charge on any atom is -0.296 e. The monoisotopic (exact) mass is 450 g/mol. The first-order valence-electron chi connectivity index (χ1n) is 12.1. The Morgan fingerprint density at radius 3 is 2.06 bits per heavy atom. The lowest BCUT2D eigenvalue weighted by Crippen LogP contribution is -2.62. The summed E-state index contributed by atoms with van der Waals surface area (Å²) in [4.78, 5) is 18.2. The Hall–Kier alpha value is -3.25. The molecule has 0 aromatic heterocycles. The van der Waals surface area contributed by atoms with Crippen molar-refractivity contribution in [3.05, 3.63) is 83.4 Å². The summed E-state index contributed by atoms with van der Waals surface area (Å²) in [6, 6.07) is 24.1. The van der Waals surface area contributed by atoms with E-state index < -0.39 is 16.6 Å². The third kappa shape index (κ3) is 2.81. The van der Waals surface area contributed by atoms with Crippen molar-refractivity contribution >= 4 is 5.78 Å². The van der Waals surface area contributed by atoms with E-state index in [-0.39, 0.29) is 17.7 Å². The van der Waals surface area contributed by atoms with Crippen LogP contribution in [-0.2, 0) is 5.54 Å². The van der Waals surface area contributed by atoms with Crippen molar-refractivity contribution in [2.75, 3.05) is 13.1 Å². The minimum atomic E-state index is -1.39. The molecule has 3 heterocycles. The Kier molecular flexibility index (Phi) is 5.24. The van der Waals surface area contributed by atoms with Crippen LogP contribution in [0.3, 0.4) is 0 Å². The summed E-state index contributed by atoms with van der Waals surface area (Å²) in [6.45, 7) is 7.92. The minimum absolute atomic E-state index is 0.0509. The molecule has 5 heteroatoms. The zero-order valence-electron chi connectivity index (χ0n) is 20.0. The first kappa shape index (κ1) is 22.5. The van der Waals surface area contributed by atoms with E-state index >= 15 is 0 Å². The van der Waals surface area contributed by atoms with E-state index in [4.69, 9.17) is 0 Å². The molecule has 34 heavy (non-hydrogen) atoms. The van der Waals surface area contributed by atoms with Gasteiger partial charge in [-0.2, -0.15) is 10.5 Å². The fourth-order valence-corrected chi connectivity index (χ4v) is 6.97. The van der Waals surface area contributed by atoms with Crippen molar-refractivity contribution in [3.63, 3.8) is 0 Å². The quantitative estimate of drug-likeness (QED) is 0.632. The topological polar surface area (TPSA) is 71.1 Å². The number of benzene rings is 2. The van der Waals surface area contributed by atoms with Crippen molar-refractivity contribution < 1.29 is 4.79 Å². The maximum Gasteiger partial charge on any atom is 0.213 e. The van der Waals surface area contributed by atoms with Crippen molar-refractivity contribution in [1.29, 1.82) is 10.5 Å². The zero-order valence-corrected chi connectivity index (χ0v) is 20.0. The number of fused-ring (bicyclic) bond motifs is 1. The molecule has 3 atom stereocenters. The van der Waals surface area contributed by atoms with Crippen molar-refractivity contribution in [3.8, 4) is 12.1 Å². The van der Waals surface area contributed by atoms with Gasteiger partial charge in [-0.25, -0.2) is 4.90 Å². The van der Waals surface area contributed by atoms with Gasteiger partial charge in [0.1, 0.15) is 12.1 Å². The average molecular weight is 451 g/mol. The van der Waals surface area contributed by atoms with Crippen LogP contribution in [0.15, 0.2) is 72.3 Å². The largest absolute Gasteiger partial charge is 0.296 e. The Labute approximate surface area is 201 Å². The number of hydrogen-bond acceptors (Lipinski definition) is 5. The van der Waals surface area contributed by atoms with E-state index in [1.807, 2.05) is 62.4 Å². The second-order valence-electron chi connectivity index (χ2n) is 10.3. The smallest absolute Gasteiger partial charge is 0.213 e. The zero-order chi connectivity index (χ0) is 24.1. The van der Waals surface area contributed by atoms with E-state index in [9.17, 15) is 15.3 Å². The van der Waals surface area contributed by atoms with E-state index in [2.05, 4.69) is 47.1 Å². The summed E-state index contributed by atoms with van der Waals surface area (Å²) < 4.78 is 0. The van der Waals surface area contributed by atoms with Crippen LogP contribution in [0.25, 0.3) is 0 Å². The molecule has 2 fully saturated rings. The van der Waals surface area contributed by atoms with Crippen molar-refractivity contribution in [1.82, 2.24) is 9.80 Å². The van der Waals surface area contributed by atoms with Crippen molar-refractivity contribution in [2.24, 2.45) is 5.92 Å². The summed E-state index contributed by atoms with van der Waals surface area (Å²) in [5.74, 6) is -0.127. The predicted molar refractivity (Wildman–Crippen MR) is 131 cm³/mol. The lowest BCUT2D eigenvalue weighted by Gasteiger charge is -2.46. The van der Waals surface area contributed by atoms with Gasteiger partial charge in [-0.15, -0.1) is 0 Å². The van der Waals surface area contributed by atoms with E-state index in [1.54, 1.807) is 0 Å². The van der Waals surface area contributed by atoms with Gasteiger partial charge in [-0.3, -0.25) is 9.69 Å². The molecule has 0 bridgehead atoms. The van der Waals surface area contributed by atoms with Gasteiger partial charge in [0.05, 0.1) is 11.6 Å². The van der Waals surface area contributed by atoms with Gasteiger partial charge in [-0.1, -0.05) is 73.7 Å². The number of hydrogen-bond donors (Lipinski definition) is 0. The highest BCUT2D eigenvalue weighted by Crippen LogP contribution is 2.62. The van der Waals surface area contributed by atoms with Crippen LogP contribution in [0.5, 0.6) is 0 Å². The van der Waals surface area contributed by atoms with Crippen LogP contribution >= 0.6 is 0 Å². The molecule has 5 nitrogen and oxygen atoms in total. The molecule has 2 saturated heterocycles. The van der Waals surface area contributed by atoms with Gasteiger partial charge < -0.3 is 0 Å². The number of carbonyl (C=O) groups is 1. The number of carbonyl (C=O) groups excluding carboxylic acids is 1. The summed E-state index contributed by atoms with van der Waals surface area (Å²) >= 11 is 0. The summed E-state index contributed by atoms with van der Waals surface area (Å²) in [6.07, 6.45) is 4.23. The van der Waals surface area contributed by atoms with Crippen molar-refractivity contribution in [2.45, 2.75) is 56.3 Å². The van der Waals surface area contributed by atoms with Gasteiger partial charge in [0.2, 0.25) is 5.54 Å². The molecule has 3 aliphatic rings. The van der Waals surface area contributed by atoms with Crippen LogP contribution in [0.4, 0.5) is 0 Å². The Morgan fingerprint density at radius 2 is 1.50 bits per heavy atom. The molecule has 0 unspecified atom stereocenters. The number of rotatable bonds is 4. The number of likely N-dealkylation sites (tertiary alicyclic amines) is 1. The van der Waals surface area contributed by atoms with Crippen LogP contribution < -0.4 is 0 Å². The fourth-order valence-electron chi connectivity index (χ4n) is 6.97. The van der Waals surface area contributed by atoms with Gasteiger partial charge >= 0.3 is 0 Å². The Balaban J connectivity index is 1.79. The SMILES string of the molecule is C[C@H]1[C@H](N2CCCC2)C(C#N)(C#N)N2C(C)(C)C(C(=O)c3ccccc3)=C[C@]12c1ccccc1. The lowest BCUT2D eigenvalue weighted by molar-refractivity contribution is 0.0402. The van der Waals surface area contributed by atoms with E-state index in [0.29, 0.717) is 11.1 Å². The standard InChI is InChI=1S/C29H30N4O/c1-21-26(32-16-10-11-17-32)28(19-30,20-31)33-27(2,3)24(25(34)22-12-6-4-7-13-22)18-29(21,33)23-14-8-5-9-15-23/h4-9,12-15,18,21,26H,10-11,16-17H2,1-3H3/t21-,26-,29+/m0/s1. The molecule has 0 amide bonds. The van der Waals surface area contributed by atoms with Gasteiger partial charge in [0.25, 0.3) is 0 Å². The molecule has 172 valence electrons. The first-order valence-corrected chi connectivity index (χ1v) is 12.1. The molecule has 0 N–H and O–H groups in total. The Bertz CT molecular complexity index is 1200. The van der Waals surface area contributed by atoms with Crippen LogP contribution in [-0.4, -0.2) is 45.8 Å². The highest BCUT2D eigenvalue weighted by molar-refractivity contribution is 6.10. The fraction of sp³-hybridized carbons (Fsp3) is 0.414. The summed E-state index contributed by atoms with van der Waals surface area (Å²) in [5.41, 5.74) is -0.681. The molecule has 0 saturated carbocycles. The maximum atomic E-state index is 13.8. The predicted octanol–water partition coefficient (Wildman–Crippen LogP) is 4.69. The number of nitrogens with zero attached hydrogens (tertiary/aromatic N) is 4. The van der Waals surface area contributed by atoms with E-state index in [0.717, 1.165) is 31.5 Å². The van der Waals surface area contributed by atoms with E-state index in [1.165, 1.54) is 0 Å². The Morgan fingerprint density at radius 1 is 0.941 bits per heavy atom. The molecule has 0 spiro atoms.